The molecule has 0 aliphatic heterocycles. The first-order valence-corrected chi connectivity index (χ1v) is 10.7. The highest BCUT2D eigenvalue weighted by molar-refractivity contribution is 6.07. The van der Waals surface area contributed by atoms with Gasteiger partial charge in [-0.15, -0.1) is 0 Å². The number of fused-ring (bicyclic) bond motifs is 3. The topological polar surface area (TPSA) is 80.1 Å². The number of aromatic nitrogens is 3. The molecular weight excluding hydrogens is 362 g/mol. The molecule has 6 heteroatoms. The minimum absolute atomic E-state index is 0.228. The predicted octanol–water partition coefficient (Wildman–Crippen LogP) is 4.67. The number of nitrogen functional groups attached to an aromatic ring is 1. The summed E-state index contributed by atoms with van der Waals surface area (Å²) in [7, 11) is 2.20. The lowest BCUT2D eigenvalue weighted by atomic mass is 10.0. The van der Waals surface area contributed by atoms with Crippen molar-refractivity contribution in [3.8, 4) is 0 Å². The van der Waals surface area contributed by atoms with Crippen LogP contribution in [0.5, 0.6) is 0 Å². The third-order valence-electron chi connectivity index (χ3n) is 5.64. The van der Waals surface area contributed by atoms with Gasteiger partial charge in [-0.05, 0) is 72.2 Å². The van der Waals surface area contributed by atoms with Gasteiger partial charge in [0, 0.05) is 17.5 Å². The molecule has 0 radical (unpaired) electrons. The summed E-state index contributed by atoms with van der Waals surface area (Å²) in [6.07, 6.45) is 4.59. The van der Waals surface area contributed by atoms with Crippen LogP contribution >= 0.6 is 0 Å². The number of hydrogen-bond donors (Lipinski definition) is 2. The van der Waals surface area contributed by atoms with Crippen LogP contribution in [0.4, 0.5) is 5.82 Å². The minimum Gasteiger partial charge on any atom is -0.382 e. The second-order valence-corrected chi connectivity index (χ2v) is 8.76. The van der Waals surface area contributed by atoms with Crippen molar-refractivity contribution in [1.82, 2.24) is 19.9 Å². The zero-order valence-electron chi connectivity index (χ0n) is 18.5. The number of nitrogens with zero attached hydrogens (tertiary/aromatic N) is 3. The number of benzene rings is 1. The third-order valence-corrected chi connectivity index (χ3v) is 5.64. The highest BCUT2D eigenvalue weighted by Crippen LogP contribution is 2.30. The van der Waals surface area contributed by atoms with E-state index in [4.69, 9.17) is 15.5 Å². The van der Waals surface area contributed by atoms with Gasteiger partial charge in [-0.3, -0.25) is 0 Å². The van der Waals surface area contributed by atoms with Gasteiger partial charge < -0.3 is 20.4 Å². The Morgan fingerprint density at radius 3 is 2.66 bits per heavy atom. The predicted molar refractivity (Wildman–Crippen MR) is 121 cm³/mol. The number of ether oxygens (including phenoxy) is 1. The van der Waals surface area contributed by atoms with E-state index in [0.29, 0.717) is 19.0 Å². The highest BCUT2D eigenvalue weighted by atomic mass is 16.5. The Labute approximate surface area is 173 Å². The standard InChI is InChI=1S/C23H35N5O/c1-6-29-15-18-26-20-19-16(11-8-7-9-14-28(5)23(2,3)4)12-10-13-17(19)25-22(24)21(20)27-18/h10,12-13H,6-9,11,14-15H2,1-5H3,(H2,24,25)(H,26,27). The van der Waals surface area contributed by atoms with Crippen LogP contribution in [0.2, 0.25) is 0 Å². The summed E-state index contributed by atoms with van der Waals surface area (Å²) in [6.45, 7) is 11.0. The molecule has 3 aromatic rings. The van der Waals surface area contributed by atoms with Crippen LogP contribution in [0, 0.1) is 0 Å². The number of rotatable bonds is 9. The second-order valence-electron chi connectivity index (χ2n) is 8.76. The molecule has 3 N–H and O–H groups in total. The van der Waals surface area contributed by atoms with Crippen molar-refractivity contribution in [2.75, 3.05) is 25.9 Å². The van der Waals surface area contributed by atoms with E-state index in [9.17, 15) is 0 Å². The summed E-state index contributed by atoms with van der Waals surface area (Å²) >= 11 is 0. The van der Waals surface area contributed by atoms with Crippen molar-refractivity contribution < 1.29 is 4.74 Å². The Hall–Kier alpha value is -2.18. The Balaban J connectivity index is 1.77. The molecule has 0 bridgehead atoms. The molecule has 0 saturated carbocycles. The van der Waals surface area contributed by atoms with Crippen LogP contribution in [0.15, 0.2) is 18.2 Å². The first-order chi connectivity index (χ1) is 13.8. The van der Waals surface area contributed by atoms with Crippen molar-refractivity contribution in [3.05, 3.63) is 29.6 Å². The minimum atomic E-state index is 0.228. The number of hydrogen-bond acceptors (Lipinski definition) is 5. The average Bonchev–Trinajstić information content (AvgIpc) is 3.10. The van der Waals surface area contributed by atoms with Crippen LogP contribution in [-0.4, -0.2) is 45.6 Å². The molecule has 3 rings (SSSR count). The number of aromatic amines is 1. The van der Waals surface area contributed by atoms with E-state index >= 15 is 0 Å². The van der Waals surface area contributed by atoms with Gasteiger partial charge in [0.25, 0.3) is 0 Å². The largest absolute Gasteiger partial charge is 0.382 e. The molecule has 158 valence electrons. The average molecular weight is 398 g/mol. The van der Waals surface area contributed by atoms with Crippen LogP contribution in [-0.2, 0) is 17.8 Å². The van der Waals surface area contributed by atoms with E-state index < -0.39 is 0 Å². The molecule has 6 nitrogen and oxygen atoms in total. The van der Waals surface area contributed by atoms with E-state index in [1.54, 1.807) is 0 Å². The van der Waals surface area contributed by atoms with Crippen LogP contribution < -0.4 is 5.73 Å². The van der Waals surface area contributed by atoms with Gasteiger partial charge in [0.2, 0.25) is 0 Å². The number of nitrogens with one attached hydrogen (secondary N) is 1. The molecule has 0 atom stereocenters. The van der Waals surface area contributed by atoms with Gasteiger partial charge >= 0.3 is 0 Å². The van der Waals surface area contributed by atoms with Gasteiger partial charge in [-0.2, -0.15) is 0 Å². The molecule has 0 spiro atoms. The SMILES string of the molecule is CCOCc1nc2c([nH]1)c(N)nc1cccc(CCCCCN(C)C(C)(C)C)c12. The monoisotopic (exact) mass is 397 g/mol. The fourth-order valence-electron chi connectivity index (χ4n) is 3.58. The third kappa shape index (κ3) is 5.06. The van der Waals surface area contributed by atoms with Crippen molar-refractivity contribution in [2.45, 2.75) is 65.5 Å². The number of unbranched alkanes of at least 4 members (excludes halogenated alkanes) is 2. The lowest BCUT2D eigenvalue weighted by Crippen LogP contribution is -2.38. The molecule has 0 aliphatic carbocycles. The Morgan fingerprint density at radius 1 is 1.14 bits per heavy atom. The molecule has 2 heterocycles. The van der Waals surface area contributed by atoms with Gasteiger partial charge in [0.05, 0.1) is 5.52 Å². The molecule has 2 aromatic heterocycles. The molecule has 0 fully saturated rings. The fraction of sp³-hybridized carbons (Fsp3) is 0.565. The number of pyridine rings is 1. The number of H-pyrrole nitrogens is 1. The summed E-state index contributed by atoms with van der Waals surface area (Å²) in [5.41, 5.74) is 10.3. The quantitative estimate of drug-likeness (QED) is 0.513. The van der Waals surface area contributed by atoms with E-state index in [1.165, 1.54) is 18.4 Å². The summed E-state index contributed by atoms with van der Waals surface area (Å²) in [5, 5.41) is 1.11. The van der Waals surface area contributed by atoms with Gasteiger partial charge in [0.1, 0.15) is 29.3 Å². The number of nitrogens with two attached hydrogens (primary N) is 1. The van der Waals surface area contributed by atoms with Crippen molar-refractivity contribution >= 4 is 27.8 Å². The molecular formula is C23H35N5O. The molecule has 1 aromatic carbocycles. The molecule has 0 unspecified atom stereocenters. The normalized spacial score (nSPS) is 12.5. The number of anilines is 1. The van der Waals surface area contributed by atoms with Gasteiger partial charge in [-0.1, -0.05) is 18.6 Å². The maximum Gasteiger partial charge on any atom is 0.150 e. The Kier molecular flexibility index (Phi) is 6.75. The van der Waals surface area contributed by atoms with Crippen LogP contribution in [0.3, 0.4) is 0 Å². The lowest BCUT2D eigenvalue weighted by molar-refractivity contribution is 0.129. The molecule has 0 saturated heterocycles. The summed E-state index contributed by atoms with van der Waals surface area (Å²) in [5.74, 6) is 1.29. The summed E-state index contributed by atoms with van der Waals surface area (Å²) < 4.78 is 5.51. The highest BCUT2D eigenvalue weighted by Gasteiger charge is 2.16. The van der Waals surface area contributed by atoms with Crippen LogP contribution in [0.1, 0.15) is 58.3 Å². The summed E-state index contributed by atoms with van der Waals surface area (Å²) in [6, 6.07) is 6.28. The Bertz CT molecular complexity index is 957. The van der Waals surface area contributed by atoms with E-state index in [-0.39, 0.29) is 5.54 Å². The van der Waals surface area contributed by atoms with E-state index in [2.05, 4.69) is 54.8 Å². The molecule has 0 amide bonds. The maximum atomic E-state index is 6.19. The summed E-state index contributed by atoms with van der Waals surface area (Å²) in [4.78, 5) is 15.1. The van der Waals surface area contributed by atoms with Crippen LogP contribution in [0.25, 0.3) is 21.9 Å². The first-order valence-electron chi connectivity index (χ1n) is 10.7. The van der Waals surface area contributed by atoms with Crippen molar-refractivity contribution in [3.63, 3.8) is 0 Å². The van der Waals surface area contributed by atoms with E-state index in [0.717, 1.165) is 47.1 Å². The maximum absolute atomic E-state index is 6.19. The molecule has 29 heavy (non-hydrogen) atoms. The zero-order valence-corrected chi connectivity index (χ0v) is 18.5. The van der Waals surface area contributed by atoms with Gasteiger partial charge in [0.15, 0.2) is 0 Å². The smallest absolute Gasteiger partial charge is 0.150 e. The first kappa shape index (κ1) is 21.5. The van der Waals surface area contributed by atoms with Crippen molar-refractivity contribution in [1.29, 1.82) is 0 Å². The zero-order chi connectivity index (χ0) is 21.0. The fourth-order valence-corrected chi connectivity index (χ4v) is 3.58. The van der Waals surface area contributed by atoms with E-state index in [1.807, 2.05) is 13.0 Å². The van der Waals surface area contributed by atoms with Gasteiger partial charge in [-0.25, -0.2) is 9.97 Å². The lowest BCUT2D eigenvalue weighted by Gasteiger charge is -2.31. The molecule has 0 aliphatic rings. The Morgan fingerprint density at radius 2 is 1.93 bits per heavy atom. The van der Waals surface area contributed by atoms with Crippen molar-refractivity contribution in [2.24, 2.45) is 0 Å². The number of aryl methyl sites for hydroxylation is 1. The number of imidazole rings is 1. The second kappa shape index (κ2) is 9.09.